The van der Waals surface area contributed by atoms with Gasteiger partial charge in [0, 0.05) is 16.3 Å². The van der Waals surface area contributed by atoms with Gasteiger partial charge in [-0.2, -0.15) is 0 Å². The highest BCUT2D eigenvalue weighted by Gasteiger charge is 2.59. The lowest BCUT2D eigenvalue weighted by molar-refractivity contribution is -0.123. The van der Waals surface area contributed by atoms with Crippen LogP contribution in [0.2, 0.25) is 5.02 Å². The lowest BCUT2D eigenvalue weighted by atomic mass is 9.85. The second-order valence-corrected chi connectivity index (χ2v) is 7.96. The lowest BCUT2D eigenvalue weighted by Crippen LogP contribution is -2.33. The zero-order chi connectivity index (χ0) is 19.4. The molecule has 0 radical (unpaired) electrons. The number of halogens is 1. The number of hydrogen-bond acceptors (Lipinski definition) is 3. The van der Waals surface area contributed by atoms with Crippen molar-refractivity contribution in [2.75, 3.05) is 10.2 Å². The van der Waals surface area contributed by atoms with E-state index in [1.54, 1.807) is 48.5 Å². The third-order valence-electron chi connectivity index (χ3n) is 5.92. The van der Waals surface area contributed by atoms with Gasteiger partial charge in [0.15, 0.2) is 0 Å². The third kappa shape index (κ3) is 2.58. The van der Waals surface area contributed by atoms with E-state index in [0.717, 1.165) is 6.42 Å². The summed E-state index contributed by atoms with van der Waals surface area (Å²) >= 11 is 5.95. The molecule has 3 amide bonds. The van der Waals surface area contributed by atoms with Crippen LogP contribution in [0.3, 0.4) is 0 Å². The summed E-state index contributed by atoms with van der Waals surface area (Å²) in [5.74, 6) is -0.835. The van der Waals surface area contributed by atoms with Crippen LogP contribution in [0.1, 0.15) is 16.8 Å². The molecule has 3 aliphatic rings. The van der Waals surface area contributed by atoms with Crippen LogP contribution in [0, 0.1) is 23.7 Å². The van der Waals surface area contributed by atoms with Crippen molar-refractivity contribution < 1.29 is 14.4 Å². The van der Waals surface area contributed by atoms with Crippen molar-refractivity contribution in [3.05, 3.63) is 71.3 Å². The van der Waals surface area contributed by atoms with Crippen molar-refractivity contribution in [3.8, 4) is 0 Å². The molecule has 2 aromatic rings. The van der Waals surface area contributed by atoms with E-state index in [0.29, 0.717) is 22.0 Å². The van der Waals surface area contributed by atoms with Gasteiger partial charge < -0.3 is 5.32 Å². The predicted octanol–water partition coefficient (Wildman–Crippen LogP) is 3.90. The average Bonchev–Trinajstić information content (AvgIpc) is 3.36. The number of nitrogens with one attached hydrogen (secondary N) is 1. The van der Waals surface area contributed by atoms with Crippen LogP contribution in [0.5, 0.6) is 0 Å². The Hall–Kier alpha value is -2.92. The second kappa shape index (κ2) is 6.31. The minimum Gasteiger partial charge on any atom is -0.322 e. The van der Waals surface area contributed by atoms with Crippen molar-refractivity contribution in [1.29, 1.82) is 0 Å². The molecule has 28 heavy (non-hydrogen) atoms. The zero-order valence-electron chi connectivity index (χ0n) is 14.8. The van der Waals surface area contributed by atoms with E-state index in [9.17, 15) is 14.4 Å². The fraction of sp³-hybridized carbons (Fsp3) is 0.227. The minimum absolute atomic E-state index is 0.153. The molecule has 1 N–H and O–H groups in total. The molecule has 1 saturated heterocycles. The molecule has 0 aromatic heterocycles. The fourth-order valence-corrected chi connectivity index (χ4v) is 4.90. The number of fused-ring (bicyclic) bond motifs is 5. The quantitative estimate of drug-likeness (QED) is 0.636. The molecule has 1 heterocycles. The maximum atomic E-state index is 13.0. The molecule has 6 heteroatoms. The van der Waals surface area contributed by atoms with E-state index in [2.05, 4.69) is 17.5 Å². The Bertz CT molecular complexity index is 1020. The molecular formula is C22H17ClN2O3. The number of hydrogen-bond donors (Lipinski definition) is 1. The molecule has 2 aromatic carbocycles. The number of benzene rings is 2. The zero-order valence-corrected chi connectivity index (χ0v) is 15.6. The fourth-order valence-electron chi connectivity index (χ4n) is 4.71. The second-order valence-electron chi connectivity index (χ2n) is 7.53. The number of anilines is 2. The molecule has 140 valence electrons. The highest BCUT2D eigenvalue weighted by Crippen LogP contribution is 2.53. The van der Waals surface area contributed by atoms with Gasteiger partial charge in [0.2, 0.25) is 11.8 Å². The van der Waals surface area contributed by atoms with Crippen molar-refractivity contribution in [2.24, 2.45) is 23.7 Å². The van der Waals surface area contributed by atoms with Crippen LogP contribution in [0.25, 0.3) is 0 Å². The number of carbonyl (C=O) groups is 3. The monoisotopic (exact) mass is 392 g/mol. The van der Waals surface area contributed by atoms with Crippen molar-refractivity contribution in [2.45, 2.75) is 6.42 Å². The standard InChI is InChI=1S/C22H17ClN2O3/c23-15-4-2-5-16(11-15)24-20(26)14-3-1-6-17(10-14)25-21(27)18-12-7-8-13(9-12)19(18)22(25)28/h1-8,10-13,18-19H,9H2,(H,24,26)/t12-,13-,18-,19+/m0/s1. The minimum atomic E-state index is -0.329. The molecule has 0 unspecified atom stereocenters. The van der Waals surface area contributed by atoms with Crippen LogP contribution in [0.4, 0.5) is 11.4 Å². The molecule has 0 spiro atoms. The van der Waals surface area contributed by atoms with Crippen LogP contribution < -0.4 is 10.2 Å². The number of imide groups is 1. The van der Waals surface area contributed by atoms with Gasteiger partial charge in [-0.25, -0.2) is 4.90 Å². The first-order valence-electron chi connectivity index (χ1n) is 9.26. The molecular weight excluding hydrogens is 376 g/mol. The predicted molar refractivity (Wildman–Crippen MR) is 106 cm³/mol. The van der Waals surface area contributed by atoms with Gasteiger partial charge in [0.05, 0.1) is 17.5 Å². The number of allylic oxidation sites excluding steroid dienone is 2. The topological polar surface area (TPSA) is 66.5 Å². The van der Waals surface area contributed by atoms with Gasteiger partial charge in [0.1, 0.15) is 0 Å². The molecule has 4 atom stereocenters. The van der Waals surface area contributed by atoms with Gasteiger partial charge in [-0.1, -0.05) is 35.9 Å². The Morgan fingerprint density at radius 2 is 1.64 bits per heavy atom. The van der Waals surface area contributed by atoms with E-state index in [1.165, 1.54) is 4.90 Å². The summed E-state index contributed by atoms with van der Waals surface area (Å²) < 4.78 is 0. The average molecular weight is 393 g/mol. The van der Waals surface area contributed by atoms with Crippen molar-refractivity contribution in [3.63, 3.8) is 0 Å². The van der Waals surface area contributed by atoms with Gasteiger partial charge in [-0.3, -0.25) is 14.4 Å². The van der Waals surface area contributed by atoms with E-state index in [-0.39, 0.29) is 41.4 Å². The van der Waals surface area contributed by atoms with Crippen LogP contribution in [-0.2, 0) is 9.59 Å². The number of amides is 3. The Morgan fingerprint density at radius 3 is 2.32 bits per heavy atom. The normalized spacial score (nSPS) is 27.4. The molecule has 5 nitrogen and oxygen atoms in total. The summed E-state index contributed by atoms with van der Waals surface area (Å²) in [4.78, 5) is 39.8. The molecule has 2 fully saturated rings. The van der Waals surface area contributed by atoms with E-state index in [4.69, 9.17) is 11.6 Å². The van der Waals surface area contributed by atoms with Crippen molar-refractivity contribution in [1.82, 2.24) is 0 Å². The smallest absolute Gasteiger partial charge is 0.255 e. The van der Waals surface area contributed by atoms with Gasteiger partial charge in [0.25, 0.3) is 5.91 Å². The summed E-state index contributed by atoms with van der Waals surface area (Å²) in [7, 11) is 0. The van der Waals surface area contributed by atoms with Gasteiger partial charge in [-0.05, 0) is 54.7 Å². The van der Waals surface area contributed by atoms with E-state index >= 15 is 0 Å². The highest BCUT2D eigenvalue weighted by molar-refractivity contribution is 6.31. The lowest BCUT2D eigenvalue weighted by Gasteiger charge is -2.18. The van der Waals surface area contributed by atoms with E-state index < -0.39 is 0 Å². The molecule has 2 bridgehead atoms. The Kier molecular flexibility index (Phi) is 3.88. The van der Waals surface area contributed by atoms with Crippen molar-refractivity contribution >= 4 is 40.7 Å². The highest BCUT2D eigenvalue weighted by atomic mass is 35.5. The molecule has 5 rings (SSSR count). The van der Waals surface area contributed by atoms with Gasteiger partial charge >= 0.3 is 0 Å². The first-order chi connectivity index (χ1) is 13.5. The summed E-state index contributed by atoms with van der Waals surface area (Å²) in [5.41, 5.74) is 1.40. The number of nitrogens with zero attached hydrogens (tertiary/aromatic N) is 1. The Labute approximate surface area is 167 Å². The Morgan fingerprint density at radius 1 is 0.964 bits per heavy atom. The number of rotatable bonds is 3. The first kappa shape index (κ1) is 17.2. The van der Waals surface area contributed by atoms with E-state index in [1.807, 2.05) is 0 Å². The SMILES string of the molecule is O=C(Nc1cccc(Cl)c1)c1cccc(N2C(=O)[C@@H]3[C@H](C2=O)[C@H]2C=C[C@H]3C2)c1. The third-order valence-corrected chi connectivity index (χ3v) is 6.15. The number of carbonyl (C=O) groups excluding carboxylic acids is 3. The molecule has 1 aliphatic heterocycles. The molecule has 2 aliphatic carbocycles. The summed E-state index contributed by atoms with van der Waals surface area (Å²) in [5, 5.41) is 3.30. The van der Waals surface area contributed by atoms with Crippen LogP contribution in [-0.4, -0.2) is 17.7 Å². The first-order valence-corrected chi connectivity index (χ1v) is 9.64. The van der Waals surface area contributed by atoms with Crippen LogP contribution >= 0.6 is 11.6 Å². The summed E-state index contributed by atoms with van der Waals surface area (Å²) in [6.07, 6.45) is 5.02. The maximum absolute atomic E-state index is 13.0. The largest absolute Gasteiger partial charge is 0.322 e. The van der Waals surface area contributed by atoms with Crippen LogP contribution in [0.15, 0.2) is 60.7 Å². The summed E-state index contributed by atoms with van der Waals surface area (Å²) in [6.45, 7) is 0. The summed E-state index contributed by atoms with van der Waals surface area (Å²) in [6, 6.07) is 13.5. The van der Waals surface area contributed by atoms with Gasteiger partial charge in [-0.15, -0.1) is 0 Å². The Balaban J connectivity index is 1.41. The maximum Gasteiger partial charge on any atom is 0.255 e. The molecule has 1 saturated carbocycles.